The molecule has 2 heteroatoms. The number of allylic oxidation sites excluding steroid dienone is 2. The van der Waals surface area contributed by atoms with Crippen molar-refractivity contribution in [2.45, 2.75) is 174 Å². The molecule has 0 amide bonds. The molecule has 0 spiro atoms. The fourth-order valence-corrected chi connectivity index (χ4v) is 7.40. The summed E-state index contributed by atoms with van der Waals surface area (Å²) in [5, 5.41) is 5.63. The van der Waals surface area contributed by atoms with Gasteiger partial charge in [0.25, 0.3) is 0 Å². The minimum atomic E-state index is 0.631. The Morgan fingerprint density at radius 3 is 1.60 bits per heavy atom. The van der Waals surface area contributed by atoms with Crippen LogP contribution in [-0.2, 0) is 0 Å². The second kappa shape index (κ2) is 16.9. The standard InChI is InChI=1S/C33H60N2/c1-4-6-28-31-32(23-5-2)35(30-26-21-17-13-9-10-14-18-22-27-30)34(3)33(31)29-24-19-15-11-7-8-12-16-20-25-29/h5,23,29-30,33H,4,6-22,24-28H2,1-3H3/b23-5-. The van der Waals surface area contributed by atoms with Crippen LogP contribution in [0.3, 0.4) is 0 Å². The first-order valence-electron chi connectivity index (χ1n) is 16.2. The third kappa shape index (κ3) is 8.94. The van der Waals surface area contributed by atoms with E-state index in [-0.39, 0.29) is 0 Å². The average Bonchev–Trinajstić information content (AvgIpc) is 3.07. The summed E-state index contributed by atoms with van der Waals surface area (Å²) in [5.41, 5.74) is 3.39. The Labute approximate surface area is 220 Å². The highest BCUT2D eigenvalue weighted by molar-refractivity contribution is 5.33. The quantitative estimate of drug-likeness (QED) is 0.370. The van der Waals surface area contributed by atoms with E-state index >= 15 is 0 Å². The van der Waals surface area contributed by atoms with E-state index in [1.54, 1.807) is 11.3 Å². The molecule has 3 rings (SSSR count). The van der Waals surface area contributed by atoms with Crippen molar-refractivity contribution in [1.82, 2.24) is 10.0 Å². The maximum Gasteiger partial charge on any atom is 0.0551 e. The number of unbranched alkanes of at least 4 members (excludes halogenated alkanes) is 1. The smallest absolute Gasteiger partial charge is 0.0551 e. The molecule has 2 saturated carbocycles. The van der Waals surface area contributed by atoms with Gasteiger partial charge < -0.3 is 5.01 Å². The fourth-order valence-electron chi connectivity index (χ4n) is 7.40. The van der Waals surface area contributed by atoms with E-state index in [0.717, 1.165) is 5.92 Å². The lowest BCUT2D eigenvalue weighted by Gasteiger charge is -2.41. The molecule has 3 aliphatic rings. The molecule has 35 heavy (non-hydrogen) atoms. The number of hydrazine groups is 1. The molecule has 2 aliphatic carbocycles. The monoisotopic (exact) mass is 484 g/mol. The van der Waals surface area contributed by atoms with E-state index in [9.17, 15) is 0 Å². The van der Waals surface area contributed by atoms with Crippen molar-refractivity contribution in [2.75, 3.05) is 7.05 Å². The molecule has 0 radical (unpaired) electrons. The summed E-state index contributed by atoms with van der Waals surface area (Å²) in [6, 6.07) is 1.32. The first kappa shape index (κ1) is 28.8. The van der Waals surface area contributed by atoms with Gasteiger partial charge in [0, 0.05) is 13.1 Å². The molecule has 1 atom stereocenters. The van der Waals surface area contributed by atoms with Gasteiger partial charge in [-0.25, -0.2) is 5.01 Å². The van der Waals surface area contributed by atoms with Crippen LogP contribution in [0.2, 0.25) is 0 Å². The Morgan fingerprint density at radius 1 is 0.686 bits per heavy atom. The van der Waals surface area contributed by atoms with Gasteiger partial charge in [-0.3, -0.25) is 0 Å². The van der Waals surface area contributed by atoms with E-state index in [2.05, 4.69) is 43.1 Å². The van der Waals surface area contributed by atoms with Crippen LogP contribution in [0.4, 0.5) is 0 Å². The molecule has 2 fully saturated rings. The Balaban J connectivity index is 1.88. The largest absolute Gasteiger partial charge is 0.302 e. The van der Waals surface area contributed by atoms with Gasteiger partial charge in [-0.15, -0.1) is 0 Å². The van der Waals surface area contributed by atoms with Crippen LogP contribution in [-0.4, -0.2) is 29.1 Å². The fraction of sp³-hybridized carbons (Fsp3) is 0.879. The SMILES string of the molecule is C/C=C\C1=C(CCCC)C(C2CCCCCCCCCC2)N(C)N1C1CCCCCCCCCC1. The molecule has 1 unspecified atom stereocenters. The van der Waals surface area contributed by atoms with Crippen molar-refractivity contribution in [1.29, 1.82) is 0 Å². The molecule has 1 heterocycles. The van der Waals surface area contributed by atoms with E-state index < -0.39 is 0 Å². The Morgan fingerprint density at radius 2 is 1.14 bits per heavy atom. The summed E-state index contributed by atoms with van der Waals surface area (Å²) in [6.45, 7) is 4.61. The Kier molecular flexibility index (Phi) is 13.9. The molecule has 0 N–H and O–H groups in total. The van der Waals surface area contributed by atoms with Gasteiger partial charge >= 0.3 is 0 Å². The molecule has 0 aromatic rings. The van der Waals surface area contributed by atoms with E-state index in [1.165, 1.54) is 148 Å². The zero-order chi connectivity index (χ0) is 24.7. The van der Waals surface area contributed by atoms with Crippen LogP contribution >= 0.6 is 0 Å². The first-order valence-corrected chi connectivity index (χ1v) is 16.2. The number of nitrogens with zero attached hydrogens (tertiary/aromatic N) is 2. The Hall–Kier alpha value is -0.760. The normalized spacial score (nSPS) is 26.7. The topological polar surface area (TPSA) is 6.48 Å². The van der Waals surface area contributed by atoms with E-state index in [1.807, 2.05) is 0 Å². The Bertz CT molecular complexity index is 597. The second-order valence-corrected chi connectivity index (χ2v) is 12.1. The lowest BCUT2D eigenvalue weighted by Crippen LogP contribution is -2.48. The highest BCUT2D eigenvalue weighted by atomic mass is 15.7. The lowest BCUT2D eigenvalue weighted by atomic mass is 9.83. The van der Waals surface area contributed by atoms with Crippen LogP contribution in [0.15, 0.2) is 23.4 Å². The molecule has 0 aromatic heterocycles. The summed E-state index contributed by atoms with van der Waals surface area (Å²) in [4.78, 5) is 0. The van der Waals surface area contributed by atoms with Gasteiger partial charge in [-0.2, -0.15) is 0 Å². The number of likely N-dealkylation sites (N-methyl/N-ethyl adjacent to an activating group) is 1. The maximum absolute atomic E-state index is 2.85. The van der Waals surface area contributed by atoms with Crippen LogP contribution in [0.1, 0.15) is 162 Å². The summed E-state index contributed by atoms with van der Waals surface area (Å²) < 4.78 is 0. The van der Waals surface area contributed by atoms with Gasteiger partial charge in [0.1, 0.15) is 0 Å². The van der Waals surface area contributed by atoms with Gasteiger partial charge in [0.2, 0.25) is 0 Å². The first-order chi connectivity index (χ1) is 17.3. The van der Waals surface area contributed by atoms with Crippen molar-refractivity contribution in [3.63, 3.8) is 0 Å². The molecular weight excluding hydrogens is 424 g/mol. The molecule has 2 nitrogen and oxygen atoms in total. The highest BCUT2D eigenvalue weighted by Gasteiger charge is 2.41. The average molecular weight is 485 g/mol. The van der Waals surface area contributed by atoms with Crippen molar-refractivity contribution < 1.29 is 0 Å². The molecule has 202 valence electrons. The minimum Gasteiger partial charge on any atom is -0.302 e. The van der Waals surface area contributed by atoms with Crippen molar-refractivity contribution >= 4 is 0 Å². The molecule has 0 bridgehead atoms. The molecule has 0 saturated heterocycles. The summed E-state index contributed by atoms with van der Waals surface area (Å²) in [6.07, 6.45) is 37.6. The lowest BCUT2D eigenvalue weighted by molar-refractivity contribution is -0.0280. The number of rotatable bonds is 6. The van der Waals surface area contributed by atoms with E-state index in [0.29, 0.717) is 12.1 Å². The van der Waals surface area contributed by atoms with Gasteiger partial charge in [0.05, 0.1) is 11.7 Å². The van der Waals surface area contributed by atoms with Gasteiger partial charge in [0.15, 0.2) is 0 Å². The number of hydrogen-bond acceptors (Lipinski definition) is 2. The van der Waals surface area contributed by atoms with Crippen molar-refractivity contribution in [2.24, 2.45) is 5.92 Å². The third-order valence-corrected chi connectivity index (χ3v) is 9.32. The zero-order valence-electron chi connectivity index (χ0n) is 24.0. The van der Waals surface area contributed by atoms with Crippen molar-refractivity contribution in [3.8, 4) is 0 Å². The summed E-state index contributed by atoms with van der Waals surface area (Å²) >= 11 is 0. The highest BCUT2D eigenvalue weighted by Crippen LogP contribution is 2.42. The maximum atomic E-state index is 2.85. The third-order valence-electron chi connectivity index (χ3n) is 9.32. The van der Waals surface area contributed by atoms with Crippen LogP contribution in [0.25, 0.3) is 0 Å². The predicted octanol–water partition coefficient (Wildman–Crippen LogP) is 10.4. The summed E-state index contributed by atoms with van der Waals surface area (Å²) in [7, 11) is 2.48. The molecule has 1 aliphatic heterocycles. The van der Waals surface area contributed by atoms with Crippen LogP contribution in [0.5, 0.6) is 0 Å². The number of hydrogen-bond donors (Lipinski definition) is 0. The molecular formula is C33H60N2. The second-order valence-electron chi connectivity index (χ2n) is 12.1. The van der Waals surface area contributed by atoms with Gasteiger partial charge in [-0.1, -0.05) is 122 Å². The van der Waals surface area contributed by atoms with Crippen molar-refractivity contribution in [3.05, 3.63) is 23.4 Å². The van der Waals surface area contributed by atoms with Gasteiger partial charge in [-0.05, 0) is 63.0 Å². The summed E-state index contributed by atoms with van der Waals surface area (Å²) in [5.74, 6) is 0.831. The van der Waals surface area contributed by atoms with Crippen LogP contribution in [0, 0.1) is 5.92 Å². The predicted molar refractivity (Wildman–Crippen MR) is 154 cm³/mol. The minimum absolute atomic E-state index is 0.631. The zero-order valence-corrected chi connectivity index (χ0v) is 24.0. The molecule has 0 aromatic carbocycles. The van der Waals surface area contributed by atoms with Crippen LogP contribution < -0.4 is 0 Å². The van der Waals surface area contributed by atoms with E-state index in [4.69, 9.17) is 0 Å².